The monoisotopic (exact) mass is 557 g/mol. The molecule has 2 fully saturated rings. The molecule has 41 heavy (non-hydrogen) atoms. The van der Waals surface area contributed by atoms with Crippen molar-refractivity contribution in [1.82, 2.24) is 20.0 Å². The number of nitrogens with zero attached hydrogens (tertiary/aromatic N) is 6. The van der Waals surface area contributed by atoms with Gasteiger partial charge in [0.2, 0.25) is 5.96 Å². The predicted octanol–water partition coefficient (Wildman–Crippen LogP) is 2.90. The number of rotatable bonds is 6. The number of hydrogen-bond donors (Lipinski definition) is 5. The number of nitrogens with two attached hydrogens (primary N) is 2. The smallest absolute Gasteiger partial charge is 0.256 e. The van der Waals surface area contributed by atoms with Crippen molar-refractivity contribution >= 4 is 34.9 Å². The maximum Gasteiger partial charge on any atom is 0.256 e. The van der Waals surface area contributed by atoms with Crippen molar-refractivity contribution in [3.05, 3.63) is 65.4 Å². The molecule has 0 spiro atoms. The van der Waals surface area contributed by atoms with Crippen LogP contribution in [0.2, 0.25) is 0 Å². The molecule has 1 amide bonds. The number of nitrogens with one attached hydrogen (secondary N) is 3. The Bertz CT molecular complexity index is 1460. The van der Waals surface area contributed by atoms with E-state index in [-0.39, 0.29) is 23.0 Å². The Balaban J connectivity index is 1.37. The average molecular weight is 558 g/mol. The summed E-state index contributed by atoms with van der Waals surface area (Å²) in [5.74, 6) is 1.22. The van der Waals surface area contributed by atoms with Gasteiger partial charge in [-0.2, -0.15) is 10.1 Å². The van der Waals surface area contributed by atoms with Crippen molar-refractivity contribution < 1.29 is 4.79 Å². The fourth-order valence-corrected chi connectivity index (χ4v) is 4.80. The zero-order chi connectivity index (χ0) is 29.3. The molecule has 0 unspecified atom stereocenters. The lowest BCUT2D eigenvalue weighted by Crippen LogP contribution is -2.50. The van der Waals surface area contributed by atoms with Gasteiger partial charge in [0.05, 0.1) is 5.69 Å². The Morgan fingerprint density at radius 3 is 2.51 bits per heavy atom. The van der Waals surface area contributed by atoms with E-state index < -0.39 is 0 Å². The Morgan fingerprint density at radius 2 is 1.88 bits per heavy atom. The van der Waals surface area contributed by atoms with Gasteiger partial charge in [-0.3, -0.25) is 19.8 Å². The van der Waals surface area contributed by atoms with E-state index in [0.29, 0.717) is 34.4 Å². The molecule has 0 radical (unpaired) electrons. The number of benzene rings is 1. The normalized spacial score (nSPS) is 20.4. The quantitative estimate of drug-likeness (QED) is 0.364. The molecule has 1 aliphatic carbocycles. The standard InChI is InChI=1S/C29H39N11O/c1-6-32-23-24(35-28(36-25(23)30)40-13-11-39(12-14-40)19-9-10-19)26(31)33-20-15-18(8-7-17(20)2)27(41)34-22-16-21(37-38-22)29(3,4)5/h6-8,15-16,19,33H,1,9-14,31H2,2-5H3,(H2,30,35,36)(H2,34,37,38,41)/b26-24-,32-23+. The number of H-pyrrole nitrogens is 1. The Labute approximate surface area is 240 Å². The first-order chi connectivity index (χ1) is 19.5. The van der Waals surface area contributed by atoms with Crippen LogP contribution in [0.4, 0.5) is 11.5 Å². The minimum absolute atomic E-state index is 0.139. The molecule has 1 saturated carbocycles. The van der Waals surface area contributed by atoms with E-state index in [1.807, 2.05) is 19.1 Å². The number of aliphatic imine (C=N–C) groups is 3. The topological polar surface area (TPSA) is 165 Å². The van der Waals surface area contributed by atoms with Crippen molar-refractivity contribution in [2.24, 2.45) is 26.4 Å². The van der Waals surface area contributed by atoms with E-state index in [1.54, 1.807) is 12.1 Å². The summed E-state index contributed by atoms with van der Waals surface area (Å²) in [5, 5.41) is 13.3. The van der Waals surface area contributed by atoms with E-state index in [9.17, 15) is 4.79 Å². The van der Waals surface area contributed by atoms with Crippen LogP contribution in [0.1, 0.15) is 55.2 Å². The van der Waals surface area contributed by atoms with Crippen LogP contribution in [0, 0.1) is 6.92 Å². The Morgan fingerprint density at radius 1 is 1.15 bits per heavy atom. The highest BCUT2D eigenvalue weighted by Crippen LogP contribution is 2.28. The van der Waals surface area contributed by atoms with Crippen molar-refractivity contribution in [2.75, 3.05) is 36.8 Å². The number of guanidine groups is 1. The third kappa shape index (κ3) is 6.32. The third-order valence-corrected chi connectivity index (χ3v) is 7.40. The zero-order valence-corrected chi connectivity index (χ0v) is 24.2. The summed E-state index contributed by atoms with van der Waals surface area (Å²) in [5.41, 5.74) is 16.3. The molecule has 12 heteroatoms. The fraction of sp³-hybridized carbons (Fsp3) is 0.414. The lowest BCUT2D eigenvalue weighted by atomic mass is 9.92. The molecule has 1 aromatic heterocycles. The number of aromatic nitrogens is 2. The second kappa shape index (κ2) is 11.2. The van der Waals surface area contributed by atoms with Gasteiger partial charge in [-0.1, -0.05) is 33.4 Å². The van der Waals surface area contributed by atoms with Crippen LogP contribution in [0.25, 0.3) is 0 Å². The number of carbonyl (C=O) groups excluding carboxylic acids is 1. The summed E-state index contributed by atoms with van der Waals surface area (Å²) in [6, 6.07) is 7.91. The van der Waals surface area contributed by atoms with Gasteiger partial charge in [0.25, 0.3) is 5.91 Å². The molecule has 3 heterocycles. The number of hydrogen-bond acceptors (Lipinski definition) is 10. The highest BCUT2D eigenvalue weighted by Gasteiger charge is 2.33. The molecular weight excluding hydrogens is 518 g/mol. The molecule has 12 nitrogen and oxygen atoms in total. The number of piperazine rings is 1. The van der Waals surface area contributed by atoms with E-state index in [4.69, 9.17) is 16.5 Å². The fourth-order valence-electron chi connectivity index (χ4n) is 4.80. The first-order valence-electron chi connectivity index (χ1n) is 13.9. The molecule has 2 aromatic rings. The van der Waals surface area contributed by atoms with Gasteiger partial charge in [-0.15, -0.1) is 0 Å². The summed E-state index contributed by atoms with van der Waals surface area (Å²) < 4.78 is 0. The largest absolute Gasteiger partial charge is 0.383 e. The molecule has 2 aliphatic heterocycles. The number of amidine groups is 1. The lowest BCUT2D eigenvalue weighted by Gasteiger charge is -2.36. The Kier molecular flexibility index (Phi) is 7.68. The minimum atomic E-state index is -0.281. The molecule has 1 aromatic carbocycles. The van der Waals surface area contributed by atoms with Crippen LogP contribution in [0.3, 0.4) is 0 Å². The second-order valence-corrected chi connectivity index (χ2v) is 11.6. The van der Waals surface area contributed by atoms with Crippen LogP contribution in [-0.2, 0) is 5.41 Å². The van der Waals surface area contributed by atoms with Crippen LogP contribution in [0.15, 0.2) is 63.5 Å². The third-order valence-electron chi connectivity index (χ3n) is 7.40. The maximum atomic E-state index is 13.1. The molecule has 1 saturated heterocycles. The first-order valence-corrected chi connectivity index (χ1v) is 13.9. The van der Waals surface area contributed by atoms with Crippen molar-refractivity contribution in [2.45, 2.75) is 52.0 Å². The maximum absolute atomic E-state index is 13.1. The first kappa shape index (κ1) is 28.1. The summed E-state index contributed by atoms with van der Waals surface area (Å²) in [6.45, 7) is 15.4. The van der Waals surface area contributed by atoms with E-state index in [0.717, 1.165) is 43.5 Å². The van der Waals surface area contributed by atoms with Gasteiger partial charge in [0.1, 0.15) is 23.0 Å². The van der Waals surface area contributed by atoms with E-state index in [1.165, 1.54) is 19.0 Å². The van der Waals surface area contributed by atoms with Gasteiger partial charge in [-0.25, -0.2) is 4.99 Å². The highest BCUT2D eigenvalue weighted by molar-refractivity contribution is 6.49. The van der Waals surface area contributed by atoms with Crippen LogP contribution in [-0.4, -0.2) is 75.6 Å². The van der Waals surface area contributed by atoms with Crippen molar-refractivity contribution in [3.63, 3.8) is 0 Å². The number of aryl methyl sites for hydroxylation is 1. The summed E-state index contributed by atoms with van der Waals surface area (Å²) in [6.07, 6.45) is 3.95. The van der Waals surface area contributed by atoms with E-state index >= 15 is 0 Å². The molecule has 5 rings (SSSR count). The average Bonchev–Trinajstić information content (AvgIpc) is 3.68. The molecule has 7 N–H and O–H groups in total. The van der Waals surface area contributed by atoms with Crippen LogP contribution < -0.4 is 22.1 Å². The summed E-state index contributed by atoms with van der Waals surface area (Å²) in [7, 11) is 0. The second-order valence-electron chi connectivity index (χ2n) is 11.6. The molecule has 3 aliphatic rings. The number of anilines is 2. The SMILES string of the molecule is C=C/N=C1/C(N)=NC(N2CCN(C3CC3)CC2)=N/C1=C(/N)Nc1cc(C(=O)Nc2cc(C(C)(C)C)n[nH]2)ccc1C. The summed E-state index contributed by atoms with van der Waals surface area (Å²) in [4.78, 5) is 31.3. The number of carbonyl (C=O) groups is 1. The number of aromatic amines is 1. The van der Waals surface area contributed by atoms with Gasteiger partial charge in [0.15, 0.2) is 5.84 Å². The highest BCUT2D eigenvalue weighted by atomic mass is 16.1. The molecule has 0 bridgehead atoms. The van der Waals surface area contributed by atoms with Gasteiger partial charge in [0, 0.05) is 61.2 Å². The minimum Gasteiger partial charge on any atom is -0.383 e. The van der Waals surface area contributed by atoms with Gasteiger partial charge >= 0.3 is 0 Å². The predicted molar refractivity (Wildman–Crippen MR) is 164 cm³/mol. The molecule has 0 atom stereocenters. The van der Waals surface area contributed by atoms with Crippen molar-refractivity contribution in [1.29, 1.82) is 0 Å². The van der Waals surface area contributed by atoms with E-state index in [2.05, 4.69) is 68.0 Å². The zero-order valence-electron chi connectivity index (χ0n) is 24.2. The molecular formula is C29H39N11O. The van der Waals surface area contributed by atoms with Crippen LogP contribution >= 0.6 is 0 Å². The van der Waals surface area contributed by atoms with Gasteiger partial charge < -0.3 is 27.0 Å². The lowest BCUT2D eigenvalue weighted by molar-refractivity contribution is 0.102. The van der Waals surface area contributed by atoms with Crippen LogP contribution in [0.5, 0.6) is 0 Å². The molecule has 216 valence electrons. The van der Waals surface area contributed by atoms with Gasteiger partial charge in [-0.05, 0) is 37.5 Å². The Hall–Kier alpha value is -4.45. The van der Waals surface area contributed by atoms with Crippen molar-refractivity contribution in [3.8, 4) is 0 Å². The summed E-state index contributed by atoms with van der Waals surface area (Å²) >= 11 is 0. The number of amides is 1.